The van der Waals surface area contributed by atoms with Gasteiger partial charge < -0.3 is 5.32 Å². The molecule has 0 spiro atoms. The van der Waals surface area contributed by atoms with Gasteiger partial charge in [-0.15, -0.1) is 0 Å². The van der Waals surface area contributed by atoms with Crippen LogP contribution in [0, 0.1) is 12.7 Å². The van der Waals surface area contributed by atoms with Crippen LogP contribution >= 0.6 is 0 Å². The number of benzene rings is 1. The van der Waals surface area contributed by atoms with E-state index in [1.165, 1.54) is 6.07 Å². The molecule has 0 aliphatic heterocycles. The molecule has 0 radical (unpaired) electrons. The molecular weight excluding hydrogens is 201 g/mol. The van der Waals surface area contributed by atoms with Gasteiger partial charge in [0, 0.05) is 11.6 Å². The van der Waals surface area contributed by atoms with Crippen LogP contribution in [0.1, 0.15) is 31.9 Å². The second-order valence-corrected chi connectivity index (χ2v) is 4.19. The van der Waals surface area contributed by atoms with Crippen molar-refractivity contribution in [1.29, 1.82) is 0 Å². The van der Waals surface area contributed by atoms with E-state index in [0.29, 0.717) is 5.56 Å². The molecule has 1 N–H and O–H groups in total. The van der Waals surface area contributed by atoms with Crippen molar-refractivity contribution >= 4 is 6.08 Å². The summed E-state index contributed by atoms with van der Waals surface area (Å²) in [6, 6.07) is 5.46. The lowest BCUT2D eigenvalue weighted by atomic mass is 10.0. The van der Waals surface area contributed by atoms with E-state index in [-0.39, 0.29) is 11.9 Å². The van der Waals surface area contributed by atoms with Crippen molar-refractivity contribution in [1.82, 2.24) is 5.32 Å². The second-order valence-electron chi connectivity index (χ2n) is 4.19. The third-order valence-corrected chi connectivity index (χ3v) is 2.73. The fourth-order valence-corrected chi connectivity index (χ4v) is 1.61. The van der Waals surface area contributed by atoms with Crippen LogP contribution in [-0.4, -0.2) is 12.6 Å². The maximum Gasteiger partial charge on any atom is 0.130 e. The highest BCUT2D eigenvalue weighted by molar-refractivity contribution is 5.55. The summed E-state index contributed by atoms with van der Waals surface area (Å²) in [4.78, 5) is 0. The summed E-state index contributed by atoms with van der Waals surface area (Å²) in [5, 5.41) is 3.31. The molecule has 0 saturated heterocycles. The Hall–Kier alpha value is -1.15. The molecule has 1 atom stereocenters. The summed E-state index contributed by atoms with van der Waals surface area (Å²) in [7, 11) is 0. The number of hydrogen-bond donors (Lipinski definition) is 1. The molecule has 1 unspecified atom stereocenters. The Bertz CT molecular complexity index is 382. The Morgan fingerprint density at radius 3 is 2.81 bits per heavy atom. The molecular formula is C14H20FN. The SMILES string of the molecule is CCNC(C)/C(C)=C/c1cc(C)ccc1F. The molecule has 1 nitrogen and oxygen atoms in total. The predicted octanol–water partition coefficient (Wildman–Crippen LogP) is 3.54. The van der Waals surface area contributed by atoms with E-state index in [4.69, 9.17) is 0 Å². The normalized spacial score (nSPS) is 13.9. The van der Waals surface area contributed by atoms with E-state index < -0.39 is 0 Å². The molecule has 0 saturated carbocycles. The van der Waals surface area contributed by atoms with Crippen molar-refractivity contribution in [2.24, 2.45) is 0 Å². The minimum atomic E-state index is -0.159. The van der Waals surface area contributed by atoms with Gasteiger partial charge in [-0.25, -0.2) is 4.39 Å². The van der Waals surface area contributed by atoms with E-state index >= 15 is 0 Å². The van der Waals surface area contributed by atoms with Gasteiger partial charge in [0.2, 0.25) is 0 Å². The van der Waals surface area contributed by atoms with Crippen LogP contribution in [0.5, 0.6) is 0 Å². The summed E-state index contributed by atoms with van der Waals surface area (Å²) < 4.78 is 13.5. The Morgan fingerprint density at radius 1 is 1.50 bits per heavy atom. The Morgan fingerprint density at radius 2 is 2.19 bits per heavy atom. The largest absolute Gasteiger partial charge is 0.311 e. The van der Waals surface area contributed by atoms with Gasteiger partial charge >= 0.3 is 0 Å². The van der Waals surface area contributed by atoms with Crippen molar-refractivity contribution in [2.45, 2.75) is 33.7 Å². The molecule has 0 aromatic heterocycles. The van der Waals surface area contributed by atoms with E-state index in [9.17, 15) is 4.39 Å². The molecule has 1 rings (SSSR count). The standard InChI is InChI=1S/C14H20FN/c1-5-16-12(4)11(3)9-13-8-10(2)6-7-14(13)15/h6-9,12,16H,5H2,1-4H3/b11-9+. The molecule has 0 fully saturated rings. The molecule has 0 amide bonds. The molecule has 0 aliphatic carbocycles. The number of hydrogen-bond acceptors (Lipinski definition) is 1. The van der Waals surface area contributed by atoms with Gasteiger partial charge in [-0.2, -0.15) is 0 Å². The van der Waals surface area contributed by atoms with Crippen molar-refractivity contribution in [3.05, 3.63) is 40.7 Å². The van der Waals surface area contributed by atoms with Crippen LogP contribution in [0.25, 0.3) is 6.08 Å². The minimum absolute atomic E-state index is 0.159. The Labute approximate surface area is 97.4 Å². The third-order valence-electron chi connectivity index (χ3n) is 2.73. The molecule has 16 heavy (non-hydrogen) atoms. The first-order chi connectivity index (χ1) is 7.54. The zero-order chi connectivity index (χ0) is 12.1. The van der Waals surface area contributed by atoms with Crippen LogP contribution in [0.4, 0.5) is 4.39 Å². The van der Waals surface area contributed by atoms with Gasteiger partial charge in [0.1, 0.15) is 5.82 Å². The van der Waals surface area contributed by atoms with Gasteiger partial charge in [-0.05, 0) is 39.4 Å². The number of rotatable bonds is 4. The predicted molar refractivity (Wildman–Crippen MR) is 67.9 cm³/mol. The van der Waals surface area contributed by atoms with Gasteiger partial charge in [0.25, 0.3) is 0 Å². The zero-order valence-electron chi connectivity index (χ0n) is 10.5. The molecule has 1 aromatic carbocycles. The Balaban J connectivity index is 2.92. The van der Waals surface area contributed by atoms with E-state index in [1.54, 1.807) is 6.07 Å². The van der Waals surface area contributed by atoms with Crippen molar-refractivity contribution in [3.63, 3.8) is 0 Å². The molecule has 0 aliphatic rings. The van der Waals surface area contributed by atoms with E-state index in [0.717, 1.165) is 17.7 Å². The van der Waals surface area contributed by atoms with Crippen LogP contribution in [0.15, 0.2) is 23.8 Å². The monoisotopic (exact) mass is 221 g/mol. The summed E-state index contributed by atoms with van der Waals surface area (Å²) in [6.07, 6.45) is 1.91. The number of nitrogens with one attached hydrogen (secondary N) is 1. The average Bonchev–Trinajstić information content (AvgIpc) is 2.23. The summed E-state index contributed by atoms with van der Waals surface area (Å²) in [6.45, 7) is 9.07. The lowest BCUT2D eigenvalue weighted by Gasteiger charge is -2.13. The molecule has 1 aromatic rings. The van der Waals surface area contributed by atoms with E-state index in [1.807, 2.05) is 26.0 Å². The summed E-state index contributed by atoms with van der Waals surface area (Å²) >= 11 is 0. The lowest BCUT2D eigenvalue weighted by Crippen LogP contribution is -2.26. The molecule has 88 valence electrons. The van der Waals surface area contributed by atoms with Gasteiger partial charge in [-0.3, -0.25) is 0 Å². The van der Waals surface area contributed by atoms with E-state index in [2.05, 4.69) is 19.2 Å². The topological polar surface area (TPSA) is 12.0 Å². The summed E-state index contributed by atoms with van der Waals surface area (Å²) in [5.41, 5.74) is 2.89. The van der Waals surface area contributed by atoms with Gasteiger partial charge in [0.05, 0.1) is 0 Å². The smallest absolute Gasteiger partial charge is 0.130 e. The van der Waals surface area contributed by atoms with Crippen molar-refractivity contribution < 1.29 is 4.39 Å². The molecule has 0 heterocycles. The van der Waals surface area contributed by atoms with Crippen LogP contribution in [-0.2, 0) is 0 Å². The fourth-order valence-electron chi connectivity index (χ4n) is 1.61. The fraction of sp³-hybridized carbons (Fsp3) is 0.429. The summed E-state index contributed by atoms with van der Waals surface area (Å²) in [5.74, 6) is -0.159. The third kappa shape index (κ3) is 3.46. The number of likely N-dealkylation sites (N-methyl/N-ethyl adjacent to an activating group) is 1. The van der Waals surface area contributed by atoms with Gasteiger partial charge in [-0.1, -0.05) is 30.2 Å². The quantitative estimate of drug-likeness (QED) is 0.820. The van der Waals surface area contributed by atoms with Crippen LogP contribution < -0.4 is 5.32 Å². The first-order valence-corrected chi connectivity index (χ1v) is 5.72. The molecule has 2 heteroatoms. The van der Waals surface area contributed by atoms with Crippen molar-refractivity contribution in [2.75, 3.05) is 6.54 Å². The highest BCUT2D eigenvalue weighted by atomic mass is 19.1. The minimum Gasteiger partial charge on any atom is -0.311 e. The number of aryl methyl sites for hydroxylation is 1. The average molecular weight is 221 g/mol. The lowest BCUT2D eigenvalue weighted by molar-refractivity contribution is 0.621. The maximum atomic E-state index is 13.5. The Kier molecular flexibility index (Phi) is 4.69. The van der Waals surface area contributed by atoms with Crippen molar-refractivity contribution in [3.8, 4) is 0 Å². The van der Waals surface area contributed by atoms with Crippen LogP contribution in [0.2, 0.25) is 0 Å². The zero-order valence-corrected chi connectivity index (χ0v) is 10.5. The highest BCUT2D eigenvalue weighted by Crippen LogP contribution is 2.15. The first-order valence-electron chi connectivity index (χ1n) is 5.72. The second kappa shape index (κ2) is 5.80. The first kappa shape index (κ1) is 12.9. The van der Waals surface area contributed by atoms with Crippen LogP contribution in [0.3, 0.4) is 0 Å². The number of halogens is 1. The highest BCUT2D eigenvalue weighted by Gasteiger charge is 2.04. The van der Waals surface area contributed by atoms with Gasteiger partial charge in [0.15, 0.2) is 0 Å². The molecule has 0 bridgehead atoms. The maximum absolute atomic E-state index is 13.5.